The van der Waals surface area contributed by atoms with E-state index in [2.05, 4.69) is 10.6 Å². The second-order valence-corrected chi connectivity index (χ2v) is 18.7. The van der Waals surface area contributed by atoms with E-state index in [9.17, 15) is 38.3 Å². The van der Waals surface area contributed by atoms with Crippen molar-refractivity contribution < 1.29 is 61.6 Å². The van der Waals surface area contributed by atoms with E-state index in [1.165, 1.54) is 0 Å². The molecule has 1 fully saturated rings. The third-order valence-corrected chi connectivity index (χ3v) is 12.1. The number of imide groups is 1. The van der Waals surface area contributed by atoms with Gasteiger partial charge in [0.15, 0.2) is 0 Å². The Hall–Kier alpha value is -5.25. The van der Waals surface area contributed by atoms with Gasteiger partial charge in [-0.2, -0.15) is 0 Å². The van der Waals surface area contributed by atoms with Crippen LogP contribution < -0.4 is 16.4 Å². The van der Waals surface area contributed by atoms with Gasteiger partial charge in [-0.15, -0.1) is 11.8 Å². The second kappa shape index (κ2) is 29.1. The number of thioether (sulfide) groups is 1. The number of halogens is 2. The molecule has 4 rings (SSSR count). The number of hydrogen-bond acceptors (Lipinski definition) is 12. The molecule has 1 aliphatic heterocycles. The minimum absolute atomic E-state index is 0.0301. The topological polar surface area (TPSA) is 221 Å². The number of benzene rings is 2. The van der Waals surface area contributed by atoms with Crippen LogP contribution in [0.4, 0.5) is 8.78 Å². The first-order valence-electron chi connectivity index (χ1n) is 23.2. The summed E-state index contributed by atoms with van der Waals surface area (Å²) in [5.41, 5.74) is 7.59. The van der Waals surface area contributed by atoms with Gasteiger partial charge in [0.1, 0.15) is 17.7 Å². The summed E-state index contributed by atoms with van der Waals surface area (Å²) in [5, 5.41) is 15.1. The molecular formula is C49H68F2N6O11S. The SMILES string of the molecule is CC1CC(=O)N(CCC(=O)NCCOCCOCCOCCOCCC(=O)N[C@@H](CSCC(=O)N(CCCN)[C@@H](c2cc(-c3cc(F)ccc3F)cn2Cc2ccccc2)C(C)(C)C)C(=O)O)C1=O. The first-order valence-corrected chi connectivity index (χ1v) is 24.4. The van der Waals surface area contributed by atoms with Crippen LogP contribution in [0.15, 0.2) is 60.8 Å². The summed E-state index contributed by atoms with van der Waals surface area (Å²) in [7, 11) is 0. The standard InChI is InChI=1S/C49H68F2N6O11S/c1-34-27-44(60)57(47(34)62)18-13-42(58)53-16-20-66-22-24-68-26-25-67-23-21-65-19-14-43(59)54-40(48(63)64)32-69-33-45(61)56(17-8-15-52)46(49(2,3)4)41-28-36(38-29-37(50)11-12-39(38)51)31-55(41)30-35-9-6-5-7-10-35/h5-7,9-12,28-29,31,34,40,46H,8,13-27,30,32-33,52H2,1-4H3,(H,53,58)(H,54,59)(H,63,64)/t34?,40-,46-/m0/s1. The summed E-state index contributed by atoms with van der Waals surface area (Å²) in [6.07, 6.45) is 2.37. The fraction of sp³-hybridized carbons (Fsp3) is 0.551. The third kappa shape index (κ3) is 18.9. The van der Waals surface area contributed by atoms with Crippen LogP contribution in [0.3, 0.4) is 0 Å². The number of aromatic nitrogens is 1. The summed E-state index contributed by atoms with van der Waals surface area (Å²) in [6, 6.07) is 12.9. The maximum atomic E-state index is 15.1. The van der Waals surface area contributed by atoms with E-state index >= 15 is 4.39 Å². The van der Waals surface area contributed by atoms with Gasteiger partial charge in [0, 0.05) is 80.1 Å². The molecule has 3 aromatic rings. The zero-order valence-corrected chi connectivity index (χ0v) is 40.9. The summed E-state index contributed by atoms with van der Waals surface area (Å²) in [6.45, 7) is 11.0. The molecule has 2 aromatic carbocycles. The van der Waals surface area contributed by atoms with Gasteiger partial charge in [-0.25, -0.2) is 13.6 Å². The molecule has 1 aliphatic rings. The van der Waals surface area contributed by atoms with Gasteiger partial charge in [0.2, 0.25) is 29.5 Å². The quantitative estimate of drug-likeness (QED) is 0.0504. The molecule has 0 spiro atoms. The monoisotopic (exact) mass is 986 g/mol. The molecule has 17 nitrogen and oxygen atoms in total. The highest BCUT2D eigenvalue weighted by atomic mass is 32.2. The molecular weight excluding hydrogens is 919 g/mol. The Morgan fingerprint density at radius 2 is 1.55 bits per heavy atom. The van der Waals surface area contributed by atoms with Crippen LogP contribution in [0.2, 0.25) is 0 Å². The molecule has 69 heavy (non-hydrogen) atoms. The number of carboxylic acids is 1. The van der Waals surface area contributed by atoms with Crippen molar-refractivity contribution in [1.29, 1.82) is 0 Å². The normalized spacial score (nSPS) is 14.8. The number of amides is 5. The number of hydrogen-bond donors (Lipinski definition) is 4. The lowest BCUT2D eigenvalue weighted by molar-refractivity contribution is -0.141. The minimum atomic E-state index is -1.27. The van der Waals surface area contributed by atoms with Crippen LogP contribution in [0.1, 0.15) is 70.7 Å². The minimum Gasteiger partial charge on any atom is -0.480 e. The van der Waals surface area contributed by atoms with Crippen LogP contribution >= 0.6 is 11.8 Å². The van der Waals surface area contributed by atoms with Crippen molar-refractivity contribution in [3.05, 3.63) is 83.7 Å². The molecule has 3 atom stereocenters. The van der Waals surface area contributed by atoms with Crippen LogP contribution in [0.5, 0.6) is 0 Å². The van der Waals surface area contributed by atoms with Gasteiger partial charge in [-0.05, 0) is 48.2 Å². The molecule has 1 saturated heterocycles. The number of nitrogens with zero attached hydrogens (tertiary/aromatic N) is 3. The van der Waals surface area contributed by atoms with E-state index in [0.717, 1.165) is 40.4 Å². The number of aliphatic carboxylic acids is 1. The molecule has 380 valence electrons. The lowest BCUT2D eigenvalue weighted by Gasteiger charge is -2.41. The number of ether oxygens (including phenoxy) is 4. The average Bonchev–Trinajstić information content (AvgIpc) is 3.81. The number of nitrogens with one attached hydrogen (secondary N) is 2. The maximum absolute atomic E-state index is 15.1. The highest BCUT2D eigenvalue weighted by Crippen LogP contribution is 2.41. The van der Waals surface area contributed by atoms with Crippen LogP contribution in [-0.2, 0) is 54.3 Å². The van der Waals surface area contributed by atoms with Crippen LogP contribution in [0.25, 0.3) is 11.1 Å². The van der Waals surface area contributed by atoms with Gasteiger partial charge in [0.05, 0.1) is 64.6 Å². The third-order valence-electron chi connectivity index (χ3n) is 11.0. The summed E-state index contributed by atoms with van der Waals surface area (Å²) >= 11 is 1.08. The Morgan fingerprint density at radius 1 is 0.899 bits per heavy atom. The highest BCUT2D eigenvalue weighted by Gasteiger charge is 2.38. The van der Waals surface area contributed by atoms with Gasteiger partial charge >= 0.3 is 5.97 Å². The highest BCUT2D eigenvalue weighted by molar-refractivity contribution is 8.00. The van der Waals surface area contributed by atoms with E-state index in [4.69, 9.17) is 24.7 Å². The van der Waals surface area contributed by atoms with Crippen molar-refractivity contribution in [2.75, 3.05) is 90.5 Å². The van der Waals surface area contributed by atoms with Crippen molar-refractivity contribution in [3.8, 4) is 11.1 Å². The van der Waals surface area contributed by atoms with Gasteiger partial charge < -0.3 is 49.9 Å². The fourth-order valence-corrected chi connectivity index (χ4v) is 8.55. The number of nitrogens with two attached hydrogens (primary N) is 1. The Labute approximate surface area is 407 Å². The number of likely N-dealkylation sites (tertiary alicyclic amines) is 1. The number of carboxylic acid groups (broad SMARTS) is 1. The van der Waals surface area contributed by atoms with Gasteiger partial charge in [0.25, 0.3) is 0 Å². The first-order chi connectivity index (χ1) is 33.0. The zero-order valence-electron chi connectivity index (χ0n) is 40.1. The zero-order chi connectivity index (χ0) is 50.3. The molecule has 5 N–H and O–H groups in total. The van der Waals surface area contributed by atoms with Gasteiger partial charge in [-0.3, -0.25) is 28.9 Å². The molecule has 1 aromatic heterocycles. The molecule has 5 amide bonds. The summed E-state index contributed by atoms with van der Waals surface area (Å²) in [4.78, 5) is 77.7. The lowest BCUT2D eigenvalue weighted by Crippen LogP contribution is -2.45. The van der Waals surface area contributed by atoms with E-state index in [1.54, 1.807) is 24.1 Å². The maximum Gasteiger partial charge on any atom is 0.327 e. The van der Waals surface area contributed by atoms with Crippen LogP contribution in [0, 0.1) is 23.0 Å². The number of carbonyl (C=O) groups excluding carboxylic acids is 5. The van der Waals surface area contributed by atoms with E-state index < -0.39 is 41.0 Å². The van der Waals surface area contributed by atoms with Crippen molar-refractivity contribution in [3.63, 3.8) is 0 Å². The second-order valence-electron chi connectivity index (χ2n) is 17.7. The Kier molecular flexibility index (Phi) is 23.7. The van der Waals surface area contributed by atoms with Crippen molar-refractivity contribution >= 4 is 47.3 Å². The largest absolute Gasteiger partial charge is 0.480 e. The molecule has 20 heteroatoms. The molecule has 2 heterocycles. The predicted octanol–water partition coefficient (Wildman–Crippen LogP) is 4.41. The summed E-state index contributed by atoms with van der Waals surface area (Å²) < 4.78 is 53.3. The molecule has 0 saturated carbocycles. The molecule has 0 bridgehead atoms. The van der Waals surface area contributed by atoms with Gasteiger partial charge in [-0.1, -0.05) is 58.0 Å². The molecule has 0 aliphatic carbocycles. The van der Waals surface area contributed by atoms with Crippen molar-refractivity contribution in [2.24, 2.45) is 17.1 Å². The smallest absolute Gasteiger partial charge is 0.327 e. The first kappa shape index (κ1) is 56.3. The number of rotatable bonds is 32. The summed E-state index contributed by atoms with van der Waals surface area (Å²) in [5.74, 6) is -4.52. The van der Waals surface area contributed by atoms with E-state index in [-0.39, 0.29) is 112 Å². The molecule has 0 radical (unpaired) electrons. The average molecular weight is 987 g/mol. The van der Waals surface area contributed by atoms with Crippen LogP contribution in [-0.4, -0.2) is 152 Å². The van der Waals surface area contributed by atoms with Crippen molar-refractivity contribution in [2.45, 2.75) is 72.0 Å². The molecule has 1 unspecified atom stereocenters. The Balaban J connectivity index is 1.15. The Morgan fingerprint density at radius 3 is 2.16 bits per heavy atom. The predicted molar refractivity (Wildman–Crippen MR) is 256 cm³/mol. The van der Waals surface area contributed by atoms with Crippen molar-refractivity contribution in [1.82, 2.24) is 25.0 Å². The fourth-order valence-electron chi connectivity index (χ4n) is 7.63. The number of carbonyl (C=O) groups is 6. The van der Waals surface area contributed by atoms with E-state index in [0.29, 0.717) is 57.2 Å². The Bertz CT molecular complexity index is 2140. The van der Waals surface area contributed by atoms with E-state index in [1.807, 2.05) is 55.7 Å². The lowest BCUT2D eigenvalue weighted by atomic mass is 9.83.